The van der Waals surface area contributed by atoms with E-state index in [2.05, 4.69) is 27.5 Å². The maximum Gasteiger partial charge on any atom is 0.490 e. The van der Waals surface area contributed by atoms with Crippen molar-refractivity contribution in [1.82, 2.24) is 20.6 Å². The SMILES string of the molecule is CCCCCCCCNC(=O)[C@H](Cc1cnc[nH]1)NC(=O)CCN.O=C(O)C(F)(F)F. The van der Waals surface area contributed by atoms with Gasteiger partial charge in [-0.05, 0) is 6.42 Å². The van der Waals surface area contributed by atoms with Gasteiger partial charge in [-0.3, -0.25) is 9.59 Å². The summed E-state index contributed by atoms with van der Waals surface area (Å²) in [5.74, 6) is -3.13. The number of aromatic nitrogens is 2. The van der Waals surface area contributed by atoms with Crippen molar-refractivity contribution in [3.63, 3.8) is 0 Å². The van der Waals surface area contributed by atoms with Gasteiger partial charge in [-0.15, -0.1) is 0 Å². The van der Waals surface area contributed by atoms with E-state index in [4.69, 9.17) is 15.6 Å². The Labute approximate surface area is 179 Å². The first kappa shape index (κ1) is 28.4. The molecule has 0 saturated heterocycles. The maximum absolute atomic E-state index is 12.4. The van der Waals surface area contributed by atoms with Gasteiger partial charge >= 0.3 is 12.1 Å². The van der Waals surface area contributed by atoms with Crippen molar-refractivity contribution in [3.8, 4) is 0 Å². The zero-order chi connectivity index (χ0) is 23.7. The first-order valence-electron chi connectivity index (χ1n) is 10.2. The minimum Gasteiger partial charge on any atom is -0.475 e. The van der Waals surface area contributed by atoms with Gasteiger partial charge in [0.15, 0.2) is 0 Å². The number of nitrogens with one attached hydrogen (secondary N) is 3. The predicted octanol–water partition coefficient (Wildman–Crippen LogP) is 1.90. The number of unbranched alkanes of at least 4 members (excludes halogenated alkanes) is 5. The summed E-state index contributed by atoms with van der Waals surface area (Å²) >= 11 is 0. The second-order valence-electron chi connectivity index (χ2n) is 6.80. The fraction of sp³-hybridized carbons (Fsp3) is 0.684. The van der Waals surface area contributed by atoms with Crippen LogP contribution in [-0.2, 0) is 20.8 Å². The van der Waals surface area contributed by atoms with Crippen LogP contribution in [0.4, 0.5) is 13.2 Å². The normalized spacial score (nSPS) is 11.8. The number of hydrogen-bond acceptors (Lipinski definition) is 5. The summed E-state index contributed by atoms with van der Waals surface area (Å²) in [5.41, 5.74) is 6.20. The minimum atomic E-state index is -5.08. The number of carbonyl (C=O) groups is 3. The predicted molar refractivity (Wildman–Crippen MR) is 108 cm³/mol. The number of nitrogens with two attached hydrogens (primary N) is 1. The molecule has 1 aromatic heterocycles. The number of carboxylic acids is 1. The third-order valence-corrected chi connectivity index (χ3v) is 4.07. The quantitative estimate of drug-likeness (QED) is 0.289. The van der Waals surface area contributed by atoms with Crippen LogP contribution in [-0.4, -0.2) is 58.2 Å². The van der Waals surface area contributed by atoms with Crippen molar-refractivity contribution in [2.75, 3.05) is 13.1 Å². The topological polar surface area (TPSA) is 150 Å². The molecule has 0 aromatic carbocycles. The molecule has 0 unspecified atom stereocenters. The number of halogens is 3. The van der Waals surface area contributed by atoms with Crippen molar-refractivity contribution >= 4 is 17.8 Å². The van der Waals surface area contributed by atoms with Gasteiger partial charge in [-0.25, -0.2) is 9.78 Å². The van der Waals surface area contributed by atoms with Gasteiger partial charge in [0.1, 0.15) is 6.04 Å². The molecule has 0 radical (unpaired) electrons. The lowest BCUT2D eigenvalue weighted by molar-refractivity contribution is -0.192. The van der Waals surface area contributed by atoms with Gasteiger partial charge in [-0.1, -0.05) is 39.0 Å². The largest absolute Gasteiger partial charge is 0.490 e. The molecule has 2 amide bonds. The smallest absolute Gasteiger partial charge is 0.475 e. The van der Waals surface area contributed by atoms with Gasteiger partial charge in [0.2, 0.25) is 11.8 Å². The van der Waals surface area contributed by atoms with E-state index in [9.17, 15) is 22.8 Å². The van der Waals surface area contributed by atoms with Gasteiger partial charge in [0.05, 0.1) is 6.33 Å². The molecule has 0 bridgehead atoms. The number of imidazole rings is 1. The van der Waals surface area contributed by atoms with Crippen molar-refractivity contribution in [3.05, 3.63) is 18.2 Å². The number of aromatic amines is 1. The second kappa shape index (κ2) is 16.1. The average molecular weight is 451 g/mol. The fourth-order valence-corrected chi connectivity index (χ4v) is 2.46. The molecule has 1 heterocycles. The molecule has 9 nitrogen and oxygen atoms in total. The Kier molecular flexibility index (Phi) is 14.7. The van der Waals surface area contributed by atoms with Crippen molar-refractivity contribution < 1.29 is 32.7 Å². The summed E-state index contributed by atoms with van der Waals surface area (Å²) in [6.07, 6.45) is 5.76. The number of carbonyl (C=O) groups excluding carboxylic acids is 2. The molecule has 0 aliphatic rings. The molecule has 0 fully saturated rings. The lowest BCUT2D eigenvalue weighted by Gasteiger charge is -2.18. The highest BCUT2D eigenvalue weighted by Gasteiger charge is 2.38. The molecule has 1 atom stereocenters. The third-order valence-electron chi connectivity index (χ3n) is 4.07. The lowest BCUT2D eigenvalue weighted by Crippen LogP contribution is -2.48. The van der Waals surface area contributed by atoms with Crippen LogP contribution >= 0.6 is 0 Å². The summed E-state index contributed by atoms with van der Waals surface area (Å²) in [5, 5.41) is 12.8. The van der Waals surface area contributed by atoms with Gasteiger partial charge < -0.3 is 26.5 Å². The number of amides is 2. The number of nitrogens with zero attached hydrogens (tertiary/aromatic N) is 1. The van der Waals surface area contributed by atoms with Crippen LogP contribution in [0.5, 0.6) is 0 Å². The van der Waals surface area contributed by atoms with Crippen LogP contribution < -0.4 is 16.4 Å². The highest BCUT2D eigenvalue weighted by atomic mass is 19.4. The lowest BCUT2D eigenvalue weighted by atomic mass is 10.1. The van der Waals surface area contributed by atoms with Gasteiger partial charge in [-0.2, -0.15) is 13.2 Å². The Balaban J connectivity index is 0.00000110. The number of hydrogen-bond donors (Lipinski definition) is 5. The van der Waals surface area contributed by atoms with Gasteiger partial charge in [0, 0.05) is 37.8 Å². The maximum atomic E-state index is 12.4. The average Bonchev–Trinajstić information content (AvgIpc) is 3.19. The number of alkyl halides is 3. The zero-order valence-corrected chi connectivity index (χ0v) is 17.6. The zero-order valence-electron chi connectivity index (χ0n) is 17.6. The third kappa shape index (κ3) is 14.9. The van der Waals surface area contributed by atoms with E-state index < -0.39 is 18.2 Å². The van der Waals surface area contributed by atoms with Crippen LogP contribution in [0.2, 0.25) is 0 Å². The molecular weight excluding hydrogens is 419 g/mol. The molecule has 31 heavy (non-hydrogen) atoms. The Bertz CT molecular complexity index is 639. The van der Waals surface area contributed by atoms with Crippen molar-refractivity contribution in [1.29, 1.82) is 0 Å². The summed E-state index contributed by atoms with van der Waals surface area (Å²) in [4.78, 5) is 39.9. The number of H-pyrrole nitrogens is 1. The van der Waals surface area contributed by atoms with Crippen LogP contribution in [0, 0.1) is 0 Å². The number of aliphatic carboxylic acids is 1. The number of rotatable bonds is 13. The van der Waals surface area contributed by atoms with Crippen molar-refractivity contribution in [2.45, 2.75) is 70.5 Å². The molecular formula is C19H32F3N5O4. The molecule has 6 N–H and O–H groups in total. The van der Waals surface area contributed by atoms with E-state index in [-0.39, 0.29) is 24.8 Å². The van der Waals surface area contributed by atoms with Crippen LogP contribution in [0.1, 0.15) is 57.6 Å². The monoisotopic (exact) mass is 451 g/mol. The van der Waals surface area contributed by atoms with Crippen LogP contribution in [0.15, 0.2) is 12.5 Å². The van der Waals surface area contributed by atoms with E-state index in [1.165, 1.54) is 25.7 Å². The van der Waals surface area contributed by atoms with E-state index in [1.807, 2.05) is 0 Å². The molecule has 1 rings (SSSR count). The Morgan fingerprint density at radius 3 is 2.32 bits per heavy atom. The standard InChI is InChI=1S/C17H31N5O2.C2HF3O2/c1-2-3-4-5-6-7-10-20-17(24)15(22-16(23)8-9-18)11-14-12-19-13-21-14;3-2(4,5)1(6)7/h12-13,15H,2-11,18H2,1H3,(H,19,21)(H,20,24)(H,22,23);(H,6,7)/t15-;/m0./s1. The van der Waals surface area contributed by atoms with E-state index in [0.29, 0.717) is 13.0 Å². The highest BCUT2D eigenvalue weighted by Crippen LogP contribution is 2.13. The molecule has 12 heteroatoms. The summed E-state index contributed by atoms with van der Waals surface area (Å²) < 4.78 is 31.7. The fourth-order valence-electron chi connectivity index (χ4n) is 2.46. The molecule has 178 valence electrons. The molecule has 1 aromatic rings. The van der Waals surface area contributed by atoms with Crippen molar-refractivity contribution in [2.24, 2.45) is 5.73 Å². The van der Waals surface area contributed by atoms with Gasteiger partial charge in [0.25, 0.3) is 0 Å². The number of carboxylic acid groups (broad SMARTS) is 1. The van der Waals surface area contributed by atoms with Crippen LogP contribution in [0.25, 0.3) is 0 Å². The summed E-state index contributed by atoms with van der Waals surface area (Å²) in [7, 11) is 0. The first-order chi connectivity index (χ1) is 14.6. The van der Waals surface area contributed by atoms with E-state index >= 15 is 0 Å². The highest BCUT2D eigenvalue weighted by molar-refractivity contribution is 5.87. The molecule has 0 aliphatic heterocycles. The Morgan fingerprint density at radius 1 is 1.19 bits per heavy atom. The minimum absolute atomic E-state index is 0.163. The molecule has 0 spiro atoms. The molecule has 0 saturated carbocycles. The van der Waals surface area contributed by atoms with E-state index in [0.717, 1.165) is 18.5 Å². The Hall–Kier alpha value is -2.63. The first-order valence-corrected chi connectivity index (χ1v) is 10.2. The van der Waals surface area contributed by atoms with Crippen LogP contribution in [0.3, 0.4) is 0 Å². The Morgan fingerprint density at radius 2 is 1.81 bits per heavy atom. The summed E-state index contributed by atoms with van der Waals surface area (Å²) in [6.45, 7) is 3.10. The van der Waals surface area contributed by atoms with E-state index in [1.54, 1.807) is 12.5 Å². The summed E-state index contributed by atoms with van der Waals surface area (Å²) in [6, 6.07) is -0.607. The molecule has 0 aliphatic carbocycles. The second-order valence-corrected chi connectivity index (χ2v) is 6.80.